The molecule has 0 aromatic heterocycles. The monoisotopic (exact) mass is 394 g/mol. The van der Waals surface area contributed by atoms with Crippen molar-refractivity contribution in [2.45, 2.75) is 58.2 Å². The van der Waals surface area contributed by atoms with Crippen LogP contribution in [0.1, 0.15) is 49.3 Å². The number of hydrogen-bond donors (Lipinski definition) is 1. The van der Waals surface area contributed by atoms with E-state index in [1.165, 1.54) is 31.4 Å². The Morgan fingerprint density at radius 1 is 1.03 bits per heavy atom. The van der Waals surface area contributed by atoms with E-state index in [1.807, 2.05) is 18.2 Å². The van der Waals surface area contributed by atoms with Gasteiger partial charge in [0.1, 0.15) is 0 Å². The standard InChI is InChI=1S/C24H30N2O3/c1-18-4-2-3-13-26(18)16-21-7-5-20(6-8-21)15-25-24(27)12-10-19-9-11-22-23(14-19)29-17-28-22/h5-9,11,14,18H,2-4,10,12-13,15-17H2,1H3,(H,25,27). The second-order valence-corrected chi connectivity index (χ2v) is 8.10. The van der Waals surface area contributed by atoms with Gasteiger partial charge in [0.25, 0.3) is 0 Å². The van der Waals surface area contributed by atoms with Crippen LogP contribution in [0.3, 0.4) is 0 Å². The number of ether oxygens (including phenoxy) is 2. The van der Waals surface area contributed by atoms with Crippen molar-refractivity contribution in [3.05, 3.63) is 59.2 Å². The van der Waals surface area contributed by atoms with E-state index in [9.17, 15) is 4.79 Å². The van der Waals surface area contributed by atoms with E-state index in [0.717, 1.165) is 29.2 Å². The van der Waals surface area contributed by atoms with Crippen LogP contribution in [0.2, 0.25) is 0 Å². The van der Waals surface area contributed by atoms with Crippen molar-refractivity contribution in [2.75, 3.05) is 13.3 Å². The fourth-order valence-corrected chi connectivity index (χ4v) is 4.03. The third-order valence-electron chi connectivity index (χ3n) is 5.92. The number of nitrogens with one attached hydrogen (secondary N) is 1. The summed E-state index contributed by atoms with van der Waals surface area (Å²) >= 11 is 0. The average molecular weight is 395 g/mol. The molecule has 2 aliphatic rings. The summed E-state index contributed by atoms with van der Waals surface area (Å²) in [7, 11) is 0. The van der Waals surface area contributed by atoms with E-state index >= 15 is 0 Å². The average Bonchev–Trinajstić information content (AvgIpc) is 3.21. The fraction of sp³-hybridized carbons (Fsp3) is 0.458. The molecule has 1 saturated heterocycles. The van der Waals surface area contributed by atoms with Gasteiger partial charge in [0, 0.05) is 25.6 Å². The van der Waals surface area contributed by atoms with Gasteiger partial charge < -0.3 is 14.8 Å². The summed E-state index contributed by atoms with van der Waals surface area (Å²) in [6.45, 7) is 5.38. The van der Waals surface area contributed by atoms with E-state index in [2.05, 4.69) is 41.4 Å². The highest BCUT2D eigenvalue weighted by atomic mass is 16.7. The number of piperidine rings is 1. The smallest absolute Gasteiger partial charge is 0.231 e. The van der Waals surface area contributed by atoms with Gasteiger partial charge in [-0.15, -0.1) is 0 Å². The maximum Gasteiger partial charge on any atom is 0.231 e. The molecule has 1 N–H and O–H groups in total. The lowest BCUT2D eigenvalue weighted by atomic mass is 10.0. The van der Waals surface area contributed by atoms with Gasteiger partial charge in [-0.25, -0.2) is 0 Å². The Morgan fingerprint density at radius 2 is 1.79 bits per heavy atom. The van der Waals surface area contributed by atoms with Crippen LogP contribution in [0.4, 0.5) is 0 Å². The van der Waals surface area contributed by atoms with Gasteiger partial charge in [-0.1, -0.05) is 36.8 Å². The van der Waals surface area contributed by atoms with Crippen molar-refractivity contribution < 1.29 is 14.3 Å². The highest BCUT2D eigenvalue weighted by molar-refractivity contribution is 5.76. The number of rotatable bonds is 7. The molecule has 1 fully saturated rings. The predicted octanol–water partition coefficient (Wildman–Crippen LogP) is 4.04. The summed E-state index contributed by atoms with van der Waals surface area (Å²) in [5, 5.41) is 3.02. The first kappa shape index (κ1) is 19.8. The quantitative estimate of drug-likeness (QED) is 0.770. The lowest BCUT2D eigenvalue weighted by Gasteiger charge is -2.33. The zero-order chi connectivity index (χ0) is 20.1. The summed E-state index contributed by atoms with van der Waals surface area (Å²) in [6, 6.07) is 15.2. The molecule has 2 aromatic rings. The number of aryl methyl sites for hydroxylation is 1. The van der Waals surface area contributed by atoms with Gasteiger partial charge in [0.2, 0.25) is 12.7 Å². The van der Waals surface area contributed by atoms with Crippen molar-refractivity contribution in [3.8, 4) is 11.5 Å². The van der Waals surface area contributed by atoms with Crippen LogP contribution in [0, 0.1) is 0 Å². The Hall–Kier alpha value is -2.53. The fourth-order valence-electron chi connectivity index (χ4n) is 4.03. The van der Waals surface area contributed by atoms with Gasteiger partial charge in [0.05, 0.1) is 0 Å². The van der Waals surface area contributed by atoms with Crippen LogP contribution in [-0.4, -0.2) is 30.2 Å². The maximum absolute atomic E-state index is 12.2. The summed E-state index contributed by atoms with van der Waals surface area (Å²) in [4.78, 5) is 14.8. The van der Waals surface area contributed by atoms with Crippen LogP contribution in [0.5, 0.6) is 11.5 Å². The zero-order valence-corrected chi connectivity index (χ0v) is 17.2. The number of carbonyl (C=O) groups is 1. The van der Waals surface area contributed by atoms with E-state index in [-0.39, 0.29) is 12.7 Å². The van der Waals surface area contributed by atoms with E-state index < -0.39 is 0 Å². The number of nitrogens with zero attached hydrogens (tertiary/aromatic N) is 1. The molecule has 2 aliphatic heterocycles. The topological polar surface area (TPSA) is 50.8 Å². The molecule has 2 aromatic carbocycles. The largest absolute Gasteiger partial charge is 0.454 e. The summed E-state index contributed by atoms with van der Waals surface area (Å²) in [5.74, 6) is 1.60. The molecular formula is C24H30N2O3. The number of hydrogen-bond acceptors (Lipinski definition) is 4. The minimum absolute atomic E-state index is 0.0638. The molecule has 4 rings (SSSR count). The molecule has 0 radical (unpaired) electrons. The molecule has 154 valence electrons. The molecule has 1 amide bonds. The Bertz CT molecular complexity index is 835. The van der Waals surface area contributed by atoms with Crippen molar-refractivity contribution >= 4 is 5.91 Å². The molecule has 0 aliphatic carbocycles. The van der Waals surface area contributed by atoms with Crippen LogP contribution < -0.4 is 14.8 Å². The maximum atomic E-state index is 12.2. The highest BCUT2D eigenvalue weighted by Crippen LogP contribution is 2.32. The molecular weight excluding hydrogens is 364 g/mol. The summed E-state index contributed by atoms with van der Waals surface area (Å²) in [6.07, 6.45) is 5.11. The van der Waals surface area contributed by atoms with Gasteiger partial charge in [-0.3, -0.25) is 9.69 Å². The number of fused-ring (bicyclic) bond motifs is 1. The second-order valence-electron chi connectivity index (χ2n) is 8.10. The molecule has 5 heteroatoms. The van der Waals surface area contributed by atoms with Gasteiger partial charge in [0.15, 0.2) is 11.5 Å². The Morgan fingerprint density at radius 3 is 2.62 bits per heavy atom. The summed E-state index contributed by atoms with van der Waals surface area (Å²) in [5.41, 5.74) is 3.56. The minimum Gasteiger partial charge on any atom is -0.454 e. The molecule has 29 heavy (non-hydrogen) atoms. The van der Waals surface area contributed by atoms with Crippen LogP contribution in [-0.2, 0) is 24.3 Å². The molecule has 0 bridgehead atoms. The first-order valence-electron chi connectivity index (χ1n) is 10.6. The third kappa shape index (κ3) is 5.30. The van der Waals surface area contributed by atoms with Crippen LogP contribution >= 0.6 is 0 Å². The number of benzene rings is 2. The molecule has 1 atom stereocenters. The minimum atomic E-state index is 0.0638. The van der Waals surface area contributed by atoms with Gasteiger partial charge >= 0.3 is 0 Å². The predicted molar refractivity (Wildman–Crippen MR) is 113 cm³/mol. The van der Waals surface area contributed by atoms with E-state index in [1.54, 1.807) is 0 Å². The zero-order valence-electron chi connectivity index (χ0n) is 17.2. The SMILES string of the molecule is CC1CCCCN1Cc1ccc(CNC(=O)CCc2ccc3c(c2)OCO3)cc1. The number of amides is 1. The Balaban J connectivity index is 1.21. The van der Waals surface area contributed by atoms with Crippen molar-refractivity contribution in [2.24, 2.45) is 0 Å². The van der Waals surface area contributed by atoms with Crippen LogP contribution in [0.15, 0.2) is 42.5 Å². The first-order chi connectivity index (χ1) is 14.2. The Kier molecular flexibility index (Phi) is 6.35. The van der Waals surface area contributed by atoms with E-state index in [4.69, 9.17) is 9.47 Å². The molecule has 0 spiro atoms. The van der Waals surface area contributed by atoms with E-state index in [0.29, 0.717) is 25.4 Å². The lowest BCUT2D eigenvalue weighted by Crippen LogP contribution is -2.36. The number of likely N-dealkylation sites (tertiary alicyclic amines) is 1. The second kappa shape index (κ2) is 9.31. The van der Waals surface area contributed by atoms with Gasteiger partial charge in [-0.05, 0) is 61.6 Å². The first-order valence-corrected chi connectivity index (χ1v) is 10.6. The van der Waals surface area contributed by atoms with Crippen molar-refractivity contribution in [3.63, 3.8) is 0 Å². The normalized spacial score (nSPS) is 18.6. The van der Waals surface area contributed by atoms with Gasteiger partial charge in [-0.2, -0.15) is 0 Å². The third-order valence-corrected chi connectivity index (χ3v) is 5.92. The molecule has 1 unspecified atom stereocenters. The molecule has 0 saturated carbocycles. The lowest BCUT2D eigenvalue weighted by molar-refractivity contribution is -0.121. The van der Waals surface area contributed by atoms with Crippen molar-refractivity contribution in [1.82, 2.24) is 10.2 Å². The molecule has 5 nitrogen and oxygen atoms in total. The molecule has 2 heterocycles. The van der Waals surface area contributed by atoms with Crippen molar-refractivity contribution in [1.29, 1.82) is 0 Å². The highest BCUT2D eigenvalue weighted by Gasteiger charge is 2.18. The number of carbonyl (C=O) groups excluding carboxylic acids is 1. The van der Waals surface area contributed by atoms with Crippen LogP contribution in [0.25, 0.3) is 0 Å². The summed E-state index contributed by atoms with van der Waals surface area (Å²) < 4.78 is 10.7. The Labute approximate surface area is 173 Å².